The molecule has 0 saturated heterocycles. The lowest BCUT2D eigenvalue weighted by molar-refractivity contribution is 0.102. The number of fused-ring (bicyclic) bond motifs is 1. The highest BCUT2D eigenvalue weighted by Gasteiger charge is 2.15. The van der Waals surface area contributed by atoms with Crippen molar-refractivity contribution in [3.8, 4) is 0 Å². The Balaban J connectivity index is 0.00000147. The van der Waals surface area contributed by atoms with Gasteiger partial charge in [0.15, 0.2) is 5.13 Å². The molecule has 0 bridgehead atoms. The SMILES string of the molecule is Br.O=C(Nc1nc2c(s1)CCNCC2)c1ccccc1. The van der Waals surface area contributed by atoms with E-state index in [2.05, 4.69) is 15.6 Å². The number of carbonyl (C=O) groups excluding carboxylic acids is 1. The van der Waals surface area contributed by atoms with Crippen molar-refractivity contribution in [3.63, 3.8) is 0 Å². The third-order valence-corrected chi connectivity index (χ3v) is 4.17. The number of amides is 1. The van der Waals surface area contributed by atoms with Crippen LogP contribution in [-0.2, 0) is 12.8 Å². The van der Waals surface area contributed by atoms with Crippen molar-refractivity contribution in [3.05, 3.63) is 46.5 Å². The second kappa shape index (κ2) is 6.97. The van der Waals surface area contributed by atoms with Gasteiger partial charge in [0, 0.05) is 30.0 Å². The van der Waals surface area contributed by atoms with Crippen molar-refractivity contribution in [2.24, 2.45) is 0 Å². The third kappa shape index (κ3) is 3.45. The van der Waals surface area contributed by atoms with Gasteiger partial charge in [-0.05, 0) is 18.6 Å². The molecule has 0 fully saturated rings. The van der Waals surface area contributed by atoms with E-state index in [1.165, 1.54) is 4.88 Å². The maximum atomic E-state index is 12.0. The zero-order chi connectivity index (χ0) is 13.1. The Morgan fingerprint density at radius 1 is 1.20 bits per heavy atom. The second-order valence-electron chi connectivity index (χ2n) is 4.46. The van der Waals surface area contributed by atoms with E-state index >= 15 is 0 Å². The van der Waals surface area contributed by atoms with E-state index in [-0.39, 0.29) is 22.9 Å². The largest absolute Gasteiger partial charge is 0.316 e. The van der Waals surface area contributed by atoms with E-state index in [0.29, 0.717) is 10.7 Å². The van der Waals surface area contributed by atoms with Crippen molar-refractivity contribution in [1.29, 1.82) is 0 Å². The number of nitrogens with zero attached hydrogens (tertiary/aromatic N) is 1. The Bertz CT molecular complexity index is 562. The number of carbonyl (C=O) groups is 1. The molecule has 3 rings (SSSR count). The molecule has 1 amide bonds. The molecular formula is C14H16BrN3OS. The van der Waals surface area contributed by atoms with E-state index in [4.69, 9.17) is 0 Å². The summed E-state index contributed by atoms with van der Waals surface area (Å²) in [6.07, 6.45) is 1.93. The van der Waals surface area contributed by atoms with Crippen molar-refractivity contribution < 1.29 is 4.79 Å². The molecule has 0 atom stereocenters. The fraction of sp³-hybridized carbons (Fsp3) is 0.286. The van der Waals surface area contributed by atoms with Crippen LogP contribution in [-0.4, -0.2) is 24.0 Å². The van der Waals surface area contributed by atoms with Gasteiger partial charge >= 0.3 is 0 Å². The minimum absolute atomic E-state index is 0. The molecule has 1 aromatic carbocycles. The zero-order valence-electron chi connectivity index (χ0n) is 10.9. The summed E-state index contributed by atoms with van der Waals surface area (Å²) in [4.78, 5) is 17.8. The fourth-order valence-electron chi connectivity index (χ4n) is 2.12. The number of hydrogen-bond acceptors (Lipinski definition) is 4. The summed E-state index contributed by atoms with van der Waals surface area (Å²) in [6, 6.07) is 9.22. The molecule has 2 aromatic rings. The fourth-order valence-corrected chi connectivity index (χ4v) is 3.12. The molecule has 0 unspecified atom stereocenters. The first kappa shape index (κ1) is 15.2. The number of benzene rings is 1. The number of rotatable bonds is 2. The molecule has 1 aromatic heterocycles. The number of aromatic nitrogens is 1. The number of hydrogen-bond donors (Lipinski definition) is 2. The van der Waals surface area contributed by atoms with Crippen molar-refractivity contribution >= 4 is 39.4 Å². The van der Waals surface area contributed by atoms with E-state index in [0.717, 1.165) is 31.6 Å². The van der Waals surface area contributed by atoms with Crippen LogP contribution >= 0.6 is 28.3 Å². The molecule has 0 saturated carbocycles. The average molecular weight is 354 g/mol. The van der Waals surface area contributed by atoms with Crippen LogP contribution in [0.4, 0.5) is 5.13 Å². The summed E-state index contributed by atoms with van der Waals surface area (Å²) in [5, 5.41) is 6.94. The topological polar surface area (TPSA) is 54.0 Å². The Labute approximate surface area is 132 Å². The maximum absolute atomic E-state index is 12.0. The average Bonchev–Trinajstić information content (AvgIpc) is 2.69. The molecule has 0 radical (unpaired) electrons. The lowest BCUT2D eigenvalue weighted by Crippen LogP contribution is -2.16. The highest BCUT2D eigenvalue weighted by atomic mass is 79.9. The number of thiazole rings is 1. The highest BCUT2D eigenvalue weighted by Crippen LogP contribution is 2.25. The molecular weight excluding hydrogens is 338 g/mol. The van der Waals surface area contributed by atoms with E-state index < -0.39 is 0 Å². The van der Waals surface area contributed by atoms with Gasteiger partial charge in [-0.15, -0.1) is 28.3 Å². The molecule has 1 aliphatic heterocycles. The first-order chi connectivity index (χ1) is 9.33. The van der Waals surface area contributed by atoms with Crippen LogP contribution in [0.3, 0.4) is 0 Å². The third-order valence-electron chi connectivity index (χ3n) is 3.10. The van der Waals surface area contributed by atoms with Crippen LogP contribution < -0.4 is 10.6 Å². The molecule has 0 aliphatic carbocycles. The van der Waals surface area contributed by atoms with Gasteiger partial charge in [-0.25, -0.2) is 4.98 Å². The van der Waals surface area contributed by atoms with E-state index in [1.807, 2.05) is 18.2 Å². The van der Waals surface area contributed by atoms with Gasteiger partial charge in [0.1, 0.15) is 0 Å². The monoisotopic (exact) mass is 353 g/mol. The molecule has 2 N–H and O–H groups in total. The normalized spacial score (nSPS) is 13.8. The molecule has 2 heterocycles. The second-order valence-corrected chi connectivity index (χ2v) is 5.54. The molecule has 6 heteroatoms. The molecule has 0 spiro atoms. The molecule has 1 aliphatic rings. The number of nitrogens with one attached hydrogen (secondary N) is 2. The van der Waals surface area contributed by atoms with Gasteiger partial charge in [0.2, 0.25) is 0 Å². The molecule has 106 valence electrons. The Hall–Kier alpha value is -1.24. The van der Waals surface area contributed by atoms with E-state index in [9.17, 15) is 4.79 Å². The predicted molar refractivity (Wildman–Crippen MR) is 87.1 cm³/mol. The molecule has 4 nitrogen and oxygen atoms in total. The van der Waals surface area contributed by atoms with Crippen LogP contribution in [0.2, 0.25) is 0 Å². The quantitative estimate of drug-likeness (QED) is 0.872. The van der Waals surface area contributed by atoms with Gasteiger partial charge in [-0.1, -0.05) is 18.2 Å². The van der Waals surface area contributed by atoms with Crippen molar-refractivity contribution in [1.82, 2.24) is 10.3 Å². The predicted octanol–water partition coefficient (Wildman–Crippen LogP) is 2.66. The zero-order valence-corrected chi connectivity index (χ0v) is 13.4. The first-order valence-corrected chi connectivity index (χ1v) is 7.20. The Kier molecular flexibility index (Phi) is 5.28. The van der Waals surface area contributed by atoms with Crippen LogP contribution in [0.15, 0.2) is 30.3 Å². The van der Waals surface area contributed by atoms with Gasteiger partial charge < -0.3 is 5.32 Å². The van der Waals surface area contributed by atoms with Crippen LogP contribution in [0, 0.1) is 0 Å². The molecule has 20 heavy (non-hydrogen) atoms. The summed E-state index contributed by atoms with van der Waals surface area (Å²) in [5.41, 5.74) is 1.79. The standard InChI is InChI=1S/C14H15N3OS.BrH/c18-13(10-4-2-1-3-5-10)17-14-16-11-6-8-15-9-7-12(11)19-14;/h1-5,15H,6-9H2,(H,16,17,18);1H. The smallest absolute Gasteiger partial charge is 0.257 e. The Morgan fingerprint density at radius 3 is 2.75 bits per heavy atom. The summed E-state index contributed by atoms with van der Waals surface area (Å²) < 4.78 is 0. The van der Waals surface area contributed by atoms with Crippen LogP contribution in [0.5, 0.6) is 0 Å². The minimum Gasteiger partial charge on any atom is -0.316 e. The Morgan fingerprint density at radius 2 is 1.95 bits per heavy atom. The number of anilines is 1. The minimum atomic E-state index is -0.0948. The van der Waals surface area contributed by atoms with Gasteiger partial charge in [0.25, 0.3) is 5.91 Å². The lowest BCUT2D eigenvalue weighted by atomic mass is 10.2. The summed E-state index contributed by atoms with van der Waals surface area (Å²) in [5.74, 6) is -0.0948. The maximum Gasteiger partial charge on any atom is 0.257 e. The van der Waals surface area contributed by atoms with Crippen molar-refractivity contribution in [2.75, 3.05) is 18.4 Å². The van der Waals surface area contributed by atoms with Crippen LogP contribution in [0.1, 0.15) is 20.9 Å². The summed E-state index contributed by atoms with van der Waals surface area (Å²) >= 11 is 1.59. The van der Waals surface area contributed by atoms with Crippen molar-refractivity contribution in [2.45, 2.75) is 12.8 Å². The van der Waals surface area contributed by atoms with Crippen LogP contribution in [0.25, 0.3) is 0 Å². The van der Waals surface area contributed by atoms with Gasteiger partial charge in [0.05, 0.1) is 5.69 Å². The lowest BCUT2D eigenvalue weighted by Gasteiger charge is -2.01. The summed E-state index contributed by atoms with van der Waals surface area (Å²) in [7, 11) is 0. The van der Waals surface area contributed by atoms with Gasteiger partial charge in [-0.2, -0.15) is 0 Å². The summed E-state index contributed by atoms with van der Waals surface area (Å²) in [6.45, 7) is 1.95. The van der Waals surface area contributed by atoms with Gasteiger partial charge in [-0.3, -0.25) is 10.1 Å². The first-order valence-electron chi connectivity index (χ1n) is 6.38. The highest BCUT2D eigenvalue weighted by molar-refractivity contribution is 8.93. The number of halogens is 1. The van der Waals surface area contributed by atoms with E-state index in [1.54, 1.807) is 23.5 Å².